The molecule has 3 aliphatic rings. The minimum atomic E-state index is -4.13. The second-order valence-electron chi connectivity index (χ2n) is 10.9. The van der Waals surface area contributed by atoms with Crippen LogP contribution >= 0.6 is 11.6 Å². The Morgan fingerprint density at radius 3 is 2.58 bits per heavy atom. The number of amides is 1. The SMILES string of the molecule is Cc1cccc(Cl)c1S(=O)(=O)N1CCC(F)(F)C[C@H]1COCC(=O)N1CCN(CC2CCCN(C)C2)CC1. The first-order valence-electron chi connectivity index (χ1n) is 13.4. The van der Waals surface area contributed by atoms with Crippen LogP contribution in [0.25, 0.3) is 0 Å². The lowest BCUT2D eigenvalue weighted by atomic mass is 9.97. The molecule has 0 spiro atoms. The lowest BCUT2D eigenvalue weighted by Crippen LogP contribution is -2.53. The minimum Gasteiger partial charge on any atom is -0.370 e. The van der Waals surface area contributed by atoms with Crippen molar-refractivity contribution in [1.82, 2.24) is 19.0 Å². The van der Waals surface area contributed by atoms with Gasteiger partial charge in [0.1, 0.15) is 11.5 Å². The third-order valence-electron chi connectivity index (χ3n) is 7.87. The van der Waals surface area contributed by atoms with Gasteiger partial charge in [0.25, 0.3) is 5.92 Å². The molecule has 0 N–H and O–H groups in total. The van der Waals surface area contributed by atoms with E-state index in [9.17, 15) is 22.0 Å². The van der Waals surface area contributed by atoms with Crippen LogP contribution in [0.1, 0.15) is 31.2 Å². The molecule has 1 unspecified atom stereocenters. The van der Waals surface area contributed by atoms with Gasteiger partial charge in [0.05, 0.1) is 17.7 Å². The van der Waals surface area contributed by atoms with Gasteiger partial charge in [-0.1, -0.05) is 23.7 Å². The first-order valence-corrected chi connectivity index (χ1v) is 15.2. The molecule has 1 aromatic rings. The van der Waals surface area contributed by atoms with E-state index in [0.717, 1.165) is 37.0 Å². The molecule has 0 aliphatic carbocycles. The summed E-state index contributed by atoms with van der Waals surface area (Å²) >= 11 is 6.20. The van der Waals surface area contributed by atoms with Crippen LogP contribution in [0.3, 0.4) is 0 Å². The number of alkyl halides is 2. The number of sulfonamides is 1. The van der Waals surface area contributed by atoms with E-state index in [4.69, 9.17) is 16.3 Å². The molecule has 3 aliphatic heterocycles. The fourth-order valence-electron chi connectivity index (χ4n) is 5.86. The zero-order valence-electron chi connectivity index (χ0n) is 22.3. The number of halogens is 3. The van der Waals surface area contributed by atoms with E-state index in [0.29, 0.717) is 24.6 Å². The average Bonchev–Trinajstić information content (AvgIpc) is 2.83. The molecule has 8 nitrogen and oxygen atoms in total. The Bertz CT molecular complexity index is 1060. The van der Waals surface area contributed by atoms with Crippen molar-refractivity contribution < 1.29 is 26.7 Å². The highest BCUT2D eigenvalue weighted by Crippen LogP contribution is 2.37. The zero-order chi connectivity index (χ0) is 27.5. The van der Waals surface area contributed by atoms with Gasteiger partial charge >= 0.3 is 0 Å². The number of aryl methyl sites for hydroxylation is 1. The molecule has 3 heterocycles. The summed E-state index contributed by atoms with van der Waals surface area (Å²) in [6.07, 6.45) is 1.21. The van der Waals surface area contributed by atoms with E-state index in [2.05, 4.69) is 16.8 Å². The first kappa shape index (κ1) is 29.6. The highest BCUT2D eigenvalue weighted by atomic mass is 35.5. The summed E-state index contributed by atoms with van der Waals surface area (Å²) in [4.78, 5) is 19.2. The molecule has 0 saturated carbocycles. The minimum absolute atomic E-state index is 0.0480. The Labute approximate surface area is 229 Å². The van der Waals surface area contributed by atoms with Crippen molar-refractivity contribution in [2.75, 3.05) is 72.6 Å². The van der Waals surface area contributed by atoms with Gasteiger partial charge in [-0.3, -0.25) is 9.69 Å². The van der Waals surface area contributed by atoms with E-state index in [1.807, 2.05) is 0 Å². The Hall–Kier alpha value is -1.37. The summed E-state index contributed by atoms with van der Waals surface area (Å²) in [5.41, 5.74) is 0.444. The molecule has 38 heavy (non-hydrogen) atoms. The normalized spacial score (nSPS) is 26.0. The molecule has 0 aromatic heterocycles. The van der Waals surface area contributed by atoms with Crippen molar-refractivity contribution in [3.63, 3.8) is 0 Å². The number of carbonyl (C=O) groups excluding carboxylic acids is 1. The Kier molecular flexibility index (Phi) is 9.69. The molecule has 0 radical (unpaired) electrons. The molecule has 3 saturated heterocycles. The molecule has 1 amide bonds. The Morgan fingerprint density at radius 2 is 1.89 bits per heavy atom. The van der Waals surface area contributed by atoms with Crippen LogP contribution in [-0.4, -0.2) is 118 Å². The van der Waals surface area contributed by atoms with E-state index < -0.39 is 34.8 Å². The second-order valence-corrected chi connectivity index (χ2v) is 13.2. The monoisotopic (exact) mass is 576 g/mol. The van der Waals surface area contributed by atoms with Gasteiger partial charge in [-0.25, -0.2) is 17.2 Å². The molecular weight excluding hydrogens is 538 g/mol. The van der Waals surface area contributed by atoms with Crippen LogP contribution in [-0.2, 0) is 19.6 Å². The van der Waals surface area contributed by atoms with Crippen LogP contribution in [0.4, 0.5) is 8.78 Å². The van der Waals surface area contributed by atoms with Gasteiger partial charge < -0.3 is 14.5 Å². The third-order valence-corrected chi connectivity index (χ3v) is 10.5. The van der Waals surface area contributed by atoms with Crippen LogP contribution in [0.15, 0.2) is 23.1 Å². The van der Waals surface area contributed by atoms with E-state index in [1.165, 1.54) is 18.9 Å². The molecule has 12 heteroatoms. The lowest BCUT2D eigenvalue weighted by molar-refractivity contribution is -0.139. The van der Waals surface area contributed by atoms with Crippen LogP contribution in [0, 0.1) is 12.8 Å². The van der Waals surface area contributed by atoms with Gasteiger partial charge in [0.15, 0.2) is 0 Å². The number of nitrogens with zero attached hydrogens (tertiary/aromatic N) is 4. The van der Waals surface area contributed by atoms with Crippen molar-refractivity contribution in [1.29, 1.82) is 0 Å². The molecule has 0 bridgehead atoms. The largest absolute Gasteiger partial charge is 0.370 e. The number of rotatable bonds is 8. The van der Waals surface area contributed by atoms with Crippen molar-refractivity contribution in [2.24, 2.45) is 5.92 Å². The van der Waals surface area contributed by atoms with Crippen LogP contribution < -0.4 is 0 Å². The summed E-state index contributed by atoms with van der Waals surface area (Å²) in [6, 6.07) is 3.63. The maximum absolute atomic E-state index is 14.3. The van der Waals surface area contributed by atoms with E-state index in [1.54, 1.807) is 24.0 Å². The topological polar surface area (TPSA) is 73.4 Å². The van der Waals surface area contributed by atoms with Crippen molar-refractivity contribution in [3.05, 3.63) is 28.8 Å². The standard InChI is InChI=1S/C26H39ClF2N4O4S/c1-20-5-3-7-23(27)25(20)38(35,36)33-10-8-26(28,29)15-22(33)18-37-19-24(34)32-13-11-31(12-14-32)17-21-6-4-9-30(2)16-21/h3,5,7,21-22H,4,6,8-19H2,1-2H3/t21?,22-/m0/s1. The predicted molar refractivity (Wildman–Crippen MR) is 142 cm³/mol. The lowest BCUT2D eigenvalue weighted by Gasteiger charge is -2.39. The number of hydrogen-bond donors (Lipinski definition) is 0. The number of ether oxygens (including phenoxy) is 1. The fourth-order valence-corrected chi connectivity index (χ4v) is 8.26. The number of piperidine rings is 2. The summed E-state index contributed by atoms with van der Waals surface area (Å²) in [6.45, 7) is 6.79. The quantitative estimate of drug-likeness (QED) is 0.474. The second kappa shape index (κ2) is 12.4. The molecule has 214 valence electrons. The maximum atomic E-state index is 14.3. The molecule has 4 rings (SSSR count). The highest BCUT2D eigenvalue weighted by Gasteiger charge is 2.46. The predicted octanol–water partition coefficient (Wildman–Crippen LogP) is 2.94. The summed E-state index contributed by atoms with van der Waals surface area (Å²) in [5.74, 6) is -2.56. The Balaban J connectivity index is 1.30. The highest BCUT2D eigenvalue weighted by molar-refractivity contribution is 7.89. The van der Waals surface area contributed by atoms with E-state index in [-0.39, 0.29) is 35.6 Å². The molecule has 2 atom stereocenters. The molecular formula is C26H39ClF2N4O4S. The van der Waals surface area contributed by atoms with Gasteiger partial charge in [0, 0.05) is 58.7 Å². The molecule has 3 fully saturated rings. The van der Waals surface area contributed by atoms with Gasteiger partial charge in [-0.2, -0.15) is 4.31 Å². The number of likely N-dealkylation sites (tertiary alicyclic amines) is 1. The maximum Gasteiger partial charge on any atom is 0.251 e. The van der Waals surface area contributed by atoms with Crippen LogP contribution in [0.5, 0.6) is 0 Å². The van der Waals surface area contributed by atoms with Crippen molar-refractivity contribution in [2.45, 2.75) is 49.5 Å². The van der Waals surface area contributed by atoms with Crippen molar-refractivity contribution >= 4 is 27.5 Å². The fraction of sp³-hybridized carbons (Fsp3) is 0.731. The van der Waals surface area contributed by atoms with Gasteiger partial charge in [0.2, 0.25) is 15.9 Å². The number of benzene rings is 1. The average molecular weight is 577 g/mol. The zero-order valence-corrected chi connectivity index (χ0v) is 23.8. The van der Waals surface area contributed by atoms with Gasteiger partial charge in [-0.05, 0) is 50.9 Å². The number of hydrogen-bond acceptors (Lipinski definition) is 6. The molecule has 1 aromatic carbocycles. The number of piperazine rings is 1. The summed E-state index contributed by atoms with van der Waals surface area (Å²) < 4.78 is 62.1. The van der Waals surface area contributed by atoms with Crippen LogP contribution in [0.2, 0.25) is 5.02 Å². The summed E-state index contributed by atoms with van der Waals surface area (Å²) in [7, 11) is -1.98. The smallest absolute Gasteiger partial charge is 0.251 e. The van der Waals surface area contributed by atoms with Crippen molar-refractivity contribution in [3.8, 4) is 0 Å². The van der Waals surface area contributed by atoms with E-state index >= 15 is 0 Å². The van der Waals surface area contributed by atoms with Gasteiger partial charge in [-0.15, -0.1) is 0 Å². The first-order chi connectivity index (χ1) is 18.0. The Morgan fingerprint density at radius 1 is 1.16 bits per heavy atom. The summed E-state index contributed by atoms with van der Waals surface area (Å²) in [5, 5.41) is 0.0480. The third kappa shape index (κ3) is 7.22. The number of carbonyl (C=O) groups is 1.